The van der Waals surface area contributed by atoms with Gasteiger partial charge in [0.15, 0.2) is 0 Å². The lowest BCUT2D eigenvalue weighted by atomic mass is 9.82. The van der Waals surface area contributed by atoms with Gasteiger partial charge in [0.1, 0.15) is 6.07 Å². The second kappa shape index (κ2) is 5.50. The van der Waals surface area contributed by atoms with Crippen molar-refractivity contribution in [3.8, 4) is 11.9 Å². The van der Waals surface area contributed by atoms with Crippen molar-refractivity contribution in [1.29, 1.82) is 5.26 Å². The Labute approximate surface area is 129 Å². The molecule has 7 nitrogen and oxygen atoms in total. The van der Waals surface area contributed by atoms with Gasteiger partial charge in [-0.2, -0.15) is 5.26 Å². The third-order valence-electron chi connectivity index (χ3n) is 4.33. The van der Waals surface area contributed by atoms with E-state index >= 15 is 0 Å². The number of hydrogen-bond donors (Lipinski definition) is 0. The summed E-state index contributed by atoms with van der Waals surface area (Å²) in [7, 11) is -3.20. The average molecular weight is 323 g/mol. The molecular weight excluding hydrogens is 306 g/mol. The molecule has 0 bridgehead atoms. The summed E-state index contributed by atoms with van der Waals surface area (Å²) in [5.41, 5.74) is 0.148. The summed E-state index contributed by atoms with van der Waals surface area (Å²) < 4.78 is 36.3. The van der Waals surface area contributed by atoms with Crippen LogP contribution in [0.15, 0.2) is 18.3 Å². The normalized spacial score (nSPS) is 28.3. The van der Waals surface area contributed by atoms with Crippen LogP contribution in [-0.4, -0.2) is 56.9 Å². The van der Waals surface area contributed by atoms with Crippen molar-refractivity contribution in [2.24, 2.45) is 11.3 Å². The Morgan fingerprint density at radius 1 is 1.59 bits per heavy atom. The Balaban J connectivity index is 1.71. The van der Waals surface area contributed by atoms with E-state index in [0.717, 1.165) is 0 Å². The van der Waals surface area contributed by atoms with Gasteiger partial charge >= 0.3 is 0 Å². The number of nitrogens with zero attached hydrogens (tertiary/aromatic N) is 3. The molecule has 0 N–H and O–H groups in total. The second-order valence-electron chi connectivity index (χ2n) is 5.92. The highest BCUT2D eigenvalue weighted by atomic mass is 32.2. The summed E-state index contributed by atoms with van der Waals surface area (Å²) in [6, 6.07) is 5.28. The molecule has 22 heavy (non-hydrogen) atoms. The fourth-order valence-corrected chi connectivity index (χ4v) is 3.93. The zero-order valence-electron chi connectivity index (χ0n) is 12.2. The van der Waals surface area contributed by atoms with Gasteiger partial charge in [-0.1, -0.05) is 0 Å². The van der Waals surface area contributed by atoms with E-state index in [0.29, 0.717) is 44.4 Å². The second-order valence-corrected chi connectivity index (χ2v) is 7.90. The van der Waals surface area contributed by atoms with Crippen molar-refractivity contribution < 1.29 is 17.9 Å². The summed E-state index contributed by atoms with van der Waals surface area (Å²) in [5, 5.41) is 8.75. The lowest BCUT2D eigenvalue weighted by Gasteiger charge is -2.26. The zero-order valence-corrected chi connectivity index (χ0v) is 13.0. The maximum Gasteiger partial charge on any atom is 0.213 e. The minimum absolute atomic E-state index is 0.139. The largest absolute Gasteiger partial charge is 0.477 e. The molecule has 2 fully saturated rings. The van der Waals surface area contributed by atoms with Crippen LogP contribution in [0, 0.1) is 22.7 Å². The van der Waals surface area contributed by atoms with Crippen molar-refractivity contribution in [2.45, 2.75) is 0 Å². The first-order valence-corrected chi connectivity index (χ1v) is 8.80. The van der Waals surface area contributed by atoms with Gasteiger partial charge in [-0.3, -0.25) is 0 Å². The van der Waals surface area contributed by atoms with E-state index in [1.54, 1.807) is 12.1 Å². The number of pyridine rings is 1. The highest BCUT2D eigenvalue weighted by Gasteiger charge is 2.53. The maximum absolute atomic E-state index is 11.8. The predicted molar refractivity (Wildman–Crippen MR) is 77.6 cm³/mol. The number of ether oxygens (including phenoxy) is 2. The predicted octanol–water partition coefficient (Wildman–Crippen LogP) is 0.240. The third-order valence-corrected chi connectivity index (χ3v) is 5.55. The van der Waals surface area contributed by atoms with E-state index in [1.165, 1.54) is 16.8 Å². The van der Waals surface area contributed by atoms with Crippen LogP contribution in [0.5, 0.6) is 5.88 Å². The number of sulfonamides is 1. The van der Waals surface area contributed by atoms with Gasteiger partial charge in [-0.05, 0) is 6.07 Å². The van der Waals surface area contributed by atoms with Crippen LogP contribution in [-0.2, 0) is 14.8 Å². The Morgan fingerprint density at radius 2 is 2.41 bits per heavy atom. The fourth-order valence-electron chi connectivity index (χ4n) is 2.99. The molecule has 3 rings (SSSR count). The fraction of sp³-hybridized carbons (Fsp3) is 0.571. The molecule has 2 aliphatic rings. The van der Waals surface area contributed by atoms with Crippen LogP contribution in [0.4, 0.5) is 0 Å². The highest BCUT2D eigenvalue weighted by Crippen LogP contribution is 2.42. The summed E-state index contributed by atoms with van der Waals surface area (Å²) in [6.07, 6.45) is 2.68. The van der Waals surface area contributed by atoms with Gasteiger partial charge in [0.2, 0.25) is 15.9 Å². The Bertz CT molecular complexity index is 698. The van der Waals surface area contributed by atoms with Gasteiger partial charge in [0.25, 0.3) is 0 Å². The molecule has 0 amide bonds. The molecule has 3 heterocycles. The molecule has 1 aromatic heterocycles. The van der Waals surface area contributed by atoms with E-state index in [9.17, 15) is 8.42 Å². The van der Waals surface area contributed by atoms with Gasteiger partial charge in [-0.25, -0.2) is 17.7 Å². The minimum atomic E-state index is -3.20. The smallest absolute Gasteiger partial charge is 0.213 e. The maximum atomic E-state index is 11.8. The molecule has 1 aromatic rings. The van der Waals surface area contributed by atoms with Crippen LogP contribution < -0.4 is 4.74 Å². The first kappa shape index (κ1) is 15.2. The third kappa shape index (κ3) is 2.79. The van der Waals surface area contributed by atoms with Crippen molar-refractivity contribution in [1.82, 2.24) is 9.29 Å². The summed E-state index contributed by atoms with van der Waals surface area (Å²) in [5.74, 6) is 0.567. The molecule has 2 saturated heterocycles. The minimum Gasteiger partial charge on any atom is -0.477 e. The molecule has 2 aliphatic heterocycles. The van der Waals surface area contributed by atoms with Gasteiger partial charge in [0.05, 0.1) is 31.6 Å². The molecule has 8 heteroatoms. The Kier molecular flexibility index (Phi) is 3.80. The lowest BCUT2D eigenvalue weighted by molar-refractivity contribution is 0.0993. The Hall–Kier alpha value is -1.69. The molecule has 0 saturated carbocycles. The van der Waals surface area contributed by atoms with E-state index in [2.05, 4.69) is 4.98 Å². The van der Waals surface area contributed by atoms with Gasteiger partial charge in [-0.15, -0.1) is 0 Å². The van der Waals surface area contributed by atoms with Crippen LogP contribution in [0.1, 0.15) is 5.56 Å². The molecule has 118 valence electrons. The van der Waals surface area contributed by atoms with E-state index < -0.39 is 10.0 Å². The number of hydrogen-bond acceptors (Lipinski definition) is 6. The number of rotatable bonds is 4. The van der Waals surface area contributed by atoms with Gasteiger partial charge < -0.3 is 9.47 Å². The monoisotopic (exact) mass is 323 g/mol. The van der Waals surface area contributed by atoms with Crippen molar-refractivity contribution in [3.05, 3.63) is 23.9 Å². The average Bonchev–Trinajstić information content (AvgIpc) is 3.02. The first-order valence-electron chi connectivity index (χ1n) is 6.95. The Morgan fingerprint density at radius 3 is 3.05 bits per heavy atom. The quantitative estimate of drug-likeness (QED) is 0.788. The highest BCUT2D eigenvalue weighted by molar-refractivity contribution is 7.88. The molecule has 0 aliphatic carbocycles. The van der Waals surface area contributed by atoms with Crippen LogP contribution in [0.3, 0.4) is 0 Å². The van der Waals surface area contributed by atoms with Gasteiger partial charge in [0, 0.05) is 36.7 Å². The molecule has 0 radical (unpaired) electrons. The SMILES string of the molecule is CS(=O)(=O)N1C[C@@H]2COC[C@@]2(COc2ccc(C#N)cn2)C1. The zero-order chi connectivity index (χ0) is 15.8. The van der Waals surface area contributed by atoms with Crippen molar-refractivity contribution in [2.75, 3.05) is 39.2 Å². The summed E-state index contributed by atoms with van der Waals surface area (Å²) in [4.78, 5) is 4.07. The first-order chi connectivity index (χ1) is 10.4. The molecule has 2 atom stereocenters. The summed E-state index contributed by atoms with van der Waals surface area (Å²) >= 11 is 0. The molecule has 0 spiro atoms. The molecule has 0 unspecified atom stereocenters. The topological polar surface area (TPSA) is 92.5 Å². The van der Waals surface area contributed by atoms with Crippen LogP contribution in [0.25, 0.3) is 0 Å². The van der Waals surface area contributed by atoms with E-state index in [1.807, 2.05) is 6.07 Å². The van der Waals surface area contributed by atoms with E-state index in [4.69, 9.17) is 14.7 Å². The number of fused-ring (bicyclic) bond motifs is 1. The van der Waals surface area contributed by atoms with E-state index in [-0.39, 0.29) is 11.3 Å². The van der Waals surface area contributed by atoms with Crippen LogP contribution >= 0.6 is 0 Å². The molecular formula is C14H17N3O4S. The number of nitriles is 1. The number of aromatic nitrogens is 1. The lowest BCUT2D eigenvalue weighted by Crippen LogP contribution is -2.38. The molecule has 0 aromatic carbocycles. The van der Waals surface area contributed by atoms with Crippen LogP contribution in [0.2, 0.25) is 0 Å². The standard InChI is InChI=1S/C14H17N3O4S/c1-22(18,19)17-6-12-7-20-9-14(12,8-17)10-21-13-3-2-11(4-15)5-16-13/h2-3,5,12H,6-10H2,1H3/t12-,14-/m1/s1. The summed E-state index contributed by atoms with van der Waals surface area (Å²) in [6.45, 7) is 2.27. The van der Waals surface area contributed by atoms with Crippen molar-refractivity contribution in [3.63, 3.8) is 0 Å². The van der Waals surface area contributed by atoms with Crippen molar-refractivity contribution >= 4 is 10.0 Å².